The molecule has 6 nitrogen and oxygen atoms in total. The van der Waals surface area contributed by atoms with Crippen LogP contribution >= 0.6 is 0 Å². The molecular formula is C15H27NO5. The molecule has 1 fully saturated rings. The molecule has 2 atom stereocenters. The van der Waals surface area contributed by atoms with Crippen molar-refractivity contribution >= 4 is 12.1 Å². The number of carbonyl (C=O) groups is 2. The van der Waals surface area contributed by atoms with Crippen molar-refractivity contribution < 1.29 is 24.2 Å². The number of rotatable bonds is 5. The zero-order valence-corrected chi connectivity index (χ0v) is 13.4. The van der Waals surface area contributed by atoms with Crippen LogP contribution in [0.15, 0.2) is 0 Å². The highest BCUT2D eigenvalue weighted by molar-refractivity contribution is 5.72. The van der Waals surface area contributed by atoms with E-state index in [9.17, 15) is 9.59 Å². The van der Waals surface area contributed by atoms with Gasteiger partial charge in [-0.1, -0.05) is 6.92 Å². The van der Waals surface area contributed by atoms with Crippen molar-refractivity contribution in [3.8, 4) is 0 Å². The Morgan fingerprint density at radius 3 is 2.57 bits per heavy atom. The molecule has 0 aromatic rings. The van der Waals surface area contributed by atoms with Gasteiger partial charge in [-0.3, -0.25) is 0 Å². The van der Waals surface area contributed by atoms with Gasteiger partial charge in [-0.05, 0) is 40.0 Å². The van der Waals surface area contributed by atoms with Crippen LogP contribution in [0.5, 0.6) is 0 Å². The molecule has 1 rings (SSSR count). The second kappa shape index (κ2) is 7.64. The van der Waals surface area contributed by atoms with Crippen molar-refractivity contribution in [2.24, 2.45) is 5.92 Å². The highest BCUT2D eigenvalue weighted by Crippen LogP contribution is 2.20. The number of likely N-dealkylation sites (tertiary alicyclic amines) is 1. The Morgan fingerprint density at radius 1 is 1.38 bits per heavy atom. The van der Waals surface area contributed by atoms with Crippen LogP contribution in [0.2, 0.25) is 0 Å². The highest BCUT2D eigenvalue weighted by Gasteiger charge is 2.28. The molecule has 1 aliphatic rings. The molecule has 6 heteroatoms. The number of carbonyl (C=O) groups excluding carboxylic acids is 1. The van der Waals surface area contributed by atoms with Crippen LogP contribution in [0.25, 0.3) is 0 Å². The minimum Gasteiger partial charge on any atom is -0.479 e. The lowest BCUT2D eigenvalue weighted by Gasteiger charge is -2.34. The Balaban J connectivity index is 2.45. The molecule has 1 N–H and O–H groups in total. The van der Waals surface area contributed by atoms with Gasteiger partial charge in [0.25, 0.3) is 0 Å². The maximum absolute atomic E-state index is 12.0. The van der Waals surface area contributed by atoms with E-state index in [0.29, 0.717) is 26.1 Å². The van der Waals surface area contributed by atoms with E-state index in [1.54, 1.807) is 11.8 Å². The van der Waals surface area contributed by atoms with Crippen molar-refractivity contribution in [3.63, 3.8) is 0 Å². The van der Waals surface area contributed by atoms with Crippen molar-refractivity contribution in [2.75, 3.05) is 19.7 Å². The predicted octanol–water partition coefficient (Wildman–Crippen LogP) is 2.51. The summed E-state index contributed by atoms with van der Waals surface area (Å²) in [6, 6.07) is 0. The minimum absolute atomic E-state index is 0.166. The second-order valence-electron chi connectivity index (χ2n) is 6.50. The number of carboxylic acid groups (broad SMARTS) is 1. The molecule has 0 aromatic carbocycles. The maximum atomic E-state index is 12.0. The molecule has 0 aliphatic carbocycles. The standard InChI is InChI=1S/C15H27NO5/c1-5-12(13(17)18)20-10-11-7-6-8-16(9-11)14(19)21-15(2,3)4/h11-12H,5-10H2,1-4H3,(H,17,18). The monoisotopic (exact) mass is 301 g/mol. The van der Waals surface area contributed by atoms with Gasteiger partial charge >= 0.3 is 12.1 Å². The summed E-state index contributed by atoms with van der Waals surface area (Å²) in [6.45, 7) is 8.92. The molecule has 1 amide bonds. The lowest BCUT2D eigenvalue weighted by Crippen LogP contribution is -2.44. The Kier molecular flexibility index (Phi) is 6.45. The molecule has 1 aliphatic heterocycles. The molecule has 2 unspecified atom stereocenters. The van der Waals surface area contributed by atoms with Crippen LogP contribution in [-0.2, 0) is 14.3 Å². The Bertz CT molecular complexity index is 364. The number of hydrogen-bond donors (Lipinski definition) is 1. The fourth-order valence-corrected chi connectivity index (χ4v) is 2.31. The van der Waals surface area contributed by atoms with Gasteiger partial charge in [0.05, 0.1) is 6.61 Å². The third-order valence-corrected chi connectivity index (χ3v) is 3.35. The average molecular weight is 301 g/mol. The molecule has 1 heterocycles. The second-order valence-corrected chi connectivity index (χ2v) is 6.50. The van der Waals surface area contributed by atoms with Gasteiger partial charge in [0.15, 0.2) is 6.10 Å². The van der Waals surface area contributed by atoms with Gasteiger partial charge in [-0.25, -0.2) is 9.59 Å². The van der Waals surface area contributed by atoms with E-state index in [2.05, 4.69) is 0 Å². The lowest BCUT2D eigenvalue weighted by atomic mass is 9.99. The van der Waals surface area contributed by atoms with Gasteiger partial charge in [-0.15, -0.1) is 0 Å². The van der Waals surface area contributed by atoms with Gasteiger partial charge in [0.1, 0.15) is 5.60 Å². The van der Waals surface area contributed by atoms with E-state index < -0.39 is 17.7 Å². The third-order valence-electron chi connectivity index (χ3n) is 3.35. The summed E-state index contributed by atoms with van der Waals surface area (Å²) in [5.41, 5.74) is -0.503. The first-order chi connectivity index (χ1) is 9.73. The lowest BCUT2D eigenvalue weighted by molar-refractivity contribution is -0.151. The molecule has 122 valence electrons. The molecule has 0 aromatic heterocycles. The smallest absolute Gasteiger partial charge is 0.410 e. The van der Waals surface area contributed by atoms with E-state index >= 15 is 0 Å². The van der Waals surface area contributed by atoms with Crippen LogP contribution in [0, 0.1) is 5.92 Å². The normalized spacial score (nSPS) is 21.0. The van der Waals surface area contributed by atoms with Crippen LogP contribution in [-0.4, -0.2) is 53.5 Å². The zero-order chi connectivity index (χ0) is 16.0. The number of ether oxygens (including phenoxy) is 2. The summed E-state index contributed by atoms with van der Waals surface area (Å²) in [4.78, 5) is 24.6. The quantitative estimate of drug-likeness (QED) is 0.844. The third kappa shape index (κ3) is 6.33. The first-order valence-electron chi connectivity index (χ1n) is 7.55. The maximum Gasteiger partial charge on any atom is 0.410 e. The van der Waals surface area contributed by atoms with E-state index in [1.807, 2.05) is 20.8 Å². The Labute approximate surface area is 126 Å². The summed E-state index contributed by atoms with van der Waals surface area (Å²) in [5.74, 6) is -0.767. The molecule has 0 radical (unpaired) electrons. The van der Waals surface area contributed by atoms with Crippen molar-refractivity contribution in [2.45, 2.75) is 58.7 Å². The summed E-state index contributed by atoms with van der Waals surface area (Å²) < 4.78 is 10.8. The van der Waals surface area contributed by atoms with E-state index in [0.717, 1.165) is 12.8 Å². The van der Waals surface area contributed by atoms with Gasteiger partial charge < -0.3 is 19.5 Å². The molecule has 1 saturated heterocycles. The summed E-state index contributed by atoms with van der Waals surface area (Å²) in [7, 11) is 0. The van der Waals surface area contributed by atoms with Crippen LogP contribution in [0.4, 0.5) is 4.79 Å². The van der Waals surface area contributed by atoms with Gasteiger partial charge in [0.2, 0.25) is 0 Å². The molecule has 0 bridgehead atoms. The average Bonchev–Trinajstić information content (AvgIpc) is 2.37. The fourth-order valence-electron chi connectivity index (χ4n) is 2.31. The minimum atomic E-state index is -0.933. The number of amides is 1. The van der Waals surface area contributed by atoms with Crippen molar-refractivity contribution in [3.05, 3.63) is 0 Å². The molecule has 0 saturated carbocycles. The summed E-state index contributed by atoms with van der Waals surface area (Å²) >= 11 is 0. The van der Waals surface area contributed by atoms with Crippen LogP contribution in [0.1, 0.15) is 47.0 Å². The summed E-state index contributed by atoms with van der Waals surface area (Å²) in [6.07, 6.45) is 1.20. The van der Waals surface area contributed by atoms with E-state index in [-0.39, 0.29) is 12.0 Å². The topological polar surface area (TPSA) is 76.1 Å². The van der Waals surface area contributed by atoms with Gasteiger partial charge in [0, 0.05) is 19.0 Å². The fraction of sp³-hybridized carbons (Fsp3) is 0.867. The molecule has 21 heavy (non-hydrogen) atoms. The van der Waals surface area contributed by atoms with Crippen LogP contribution in [0.3, 0.4) is 0 Å². The largest absolute Gasteiger partial charge is 0.479 e. The van der Waals surface area contributed by atoms with Gasteiger partial charge in [-0.2, -0.15) is 0 Å². The predicted molar refractivity (Wildman–Crippen MR) is 78.2 cm³/mol. The summed E-state index contributed by atoms with van der Waals surface area (Å²) in [5, 5.41) is 8.96. The SMILES string of the molecule is CCC(OCC1CCCN(C(=O)OC(C)(C)C)C1)C(=O)O. The van der Waals surface area contributed by atoms with Crippen LogP contribution < -0.4 is 0 Å². The zero-order valence-electron chi connectivity index (χ0n) is 13.4. The number of hydrogen-bond acceptors (Lipinski definition) is 4. The Morgan fingerprint density at radius 2 is 2.05 bits per heavy atom. The van der Waals surface area contributed by atoms with E-state index in [1.165, 1.54) is 0 Å². The Hall–Kier alpha value is -1.30. The first kappa shape index (κ1) is 17.8. The first-order valence-corrected chi connectivity index (χ1v) is 7.55. The van der Waals surface area contributed by atoms with Crippen molar-refractivity contribution in [1.29, 1.82) is 0 Å². The number of aliphatic carboxylic acids is 1. The highest BCUT2D eigenvalue weighted by atomic mass is 16.6. The number of nitrogens with zero attached hydrogens (tertiary/aromatic N) is 1. The number of piperidine rings is 1. The van der Waals surface area contributed by atoms with E-state index in [4.69, 9.17) is 14.6 Å². The number of carboxylic acids is 1. The molecule has 0 spiro atoms. The van der Waals surface area contributed by atoms with Crippen molar-refractivity contribution in [1.82, 2.24) is 4.90 Å². The molecular weight excluding hydrogens is 274 g/mol.